The summed E-state index contributed by atoms with van der Waals surface area (Å²) in [5.41, 5.74) is 1.36. The van der Waals surface area contributed by atoms with Gasteiger partial charge in [0.2, 0.25) is 0 Å². The van der Waals surface area contributed by atoms with Crippen LogP contribution in [0.1, 0.15) is 31.7 Å². The molecule has 1 aromatic carbocycles. The average molecular weight is 276 g/mol. The zero-order chi connectivity index (χ0) is 14.2. The van der Waals surface area contributed by atoms with Gasteiger partial charge in [-0.05, 0) is 63.0 Å². The topological polar surface area (TPSA) is 24.5 Å². The van der Waals surface area contributed by atoms with Gasteiger partial charge in [-0.15, -0.1) is 0 Å². The summed E-state index contributed by atoms with van der Waals surface area (Å²) in [5.74, 6) is 1.79. The van der Waals surface area contributed by atoms with Crippen molar-refractivity contribution in [3.05, 3.63) is 29.8 Å². The fraction of sp³-hybridized carbons (Fsp3) is 0.647. The Balaban J connectivity index is 1.76. The van der Waals surface area contributed by atoms with Crippen LogP contribution in [0.3, 0.4) is 0 Å². The summed E-state index contributed by atoms with van der Waals surface area (Å²) in [7, 11) is 2.22. The SMILES string of the molecule is CCCOc1ccc(CN(C)CC2CCCNC2)cc1. The normalized spacial score (nSPS) is 19.2. The molecule has 3 nitrogen and oxygen atoms in total. The van der Waals surface area contributed by atoms with Crippen LogP contribution in [0.4, 0.5) is 0 Å². The third-order valence-corrected chi connectivity index (χ3v) is 3.82. The second-order valence-electron chi connectivity index (χ2n) is 5.90. The maximum Gasteiger partial charge on any atom is 0.119 e. The third-order valence-electron chi connectivity index (χ3n) is 3.82. The predicted molar refractivity (Wildman–Crippen MR) is 84.2 cm³/mol. The molecule has 0 saturated carbocycles. The fourth-order valence-corrected chi connectivity index (χ4v) is 2.81. The lowest BCUT2D eigenvalue weighted by atomic mass is 9.99. The molecule has 0 spiro atoms. The molecule has 112 valence electrons. The summed E-state index contributed by atoms with van der Waals surface area (Å²) >= 11 is 0. The van der Waals surface area contributed by atoms with Gasteiger partial charge in [0.05, 0.1) is 6.61 Å². The maximum atomic E-state index is 5.61. The van der Waals surface area contributed by atoms with Gasteiger partial charge in [-0.1, -0.05) is 19.1 Å². The van der Waals surface area contributed by atoms with Crippen LogP contribution < -0.4 is 10.1 Å². The number of rotatable bonds is 7. The van der Waals surface area contributed by atoms with Gasteiger partial charge in [0.15, 0.2) is 0 Å². The molecule has 1 saturated heterocycles. The Bertz CT molecular complexity index is 371. The molecule has 1 atom stereocenters. The number of nitrogens with one attached hydrogen (secondary N) is 1. The van der Waals surface area contributed by atoms with Gasteiger partial charge in [0.25, 0.3) is 0 Å². The van der Waals surface area contributed by atoms with Crippen LogP contribution >= 0.6 is 0 Å². The van der Waals surface area contributed by atoms with Gasteiger partial charge >= 0.3 is 0 Å². The molecule has 0 aromatic heterocycles. The van der Waals surface area contributed by atoms with Crippen molar-refractivity contribution in [2.45, 2.75) is 32.7 Å². The minimum atomic E-state index is 0.800. The number of hydrogen-bond acceptors (Lipinski definition) is 3. The summed E-state index contributed by atoms with van der Waals surface area (Å²) in [4.78, 5) is 2.43. The molecule has 1 unspecified atom stereocenters. The zero-order valence-corrected chi connectivity index (χ0v) is 12.9. The molecule has 1 fully saturated rings. The zero-order valence-electron chi connectivity index (χ0n) is 12.9. The van der Waals surface area contributed by atoms with Crippen molar-refractivity contribution in [1.82, 2.24) is 10.2 Å². The molecular formula is C17H28N2O. The number of benzene rings is 1. The van der Waals surface area contributed by atoms with E-state index in [1.54, 1.807) is 0 Å². The molecule has 0 amide bonds. The lowest BCUT2D eigenvalue weighted by Crippen LogP contribution is -2.36. The molecule has 1 aliphatic rings. The van der Waals surface area contributed by atoms with E-state index in [9.17, 15) is 0 Å². The van der Waals surface area contributed by atoms with Gasteiger partial charge in [-0.25, -0.2) is 0 Å². The van der Waals surface area contributed by atoms with Crippen LogP contribution in [-0.4, -0.2) is 38.2 Å². The van der Waals surface area contributed by atoms with Gasteiger partial charge in [-0.2, -0.15) is 0 Å². The van der Waals surface area contributed by atoms with Crippen molar-refractivity contribution in [2.24, 2.45) is 5.92 Å². The van der Waals surface area contributed by atoms with E-state index in [2.05, 4.69) is 48.5 Å². The third kappa shape index (κ3) is 5.14. The van der Waals surface area contributed by atoms with Crippen molar-refractivity contribution in [2.75, 3.05) is 33.3 Å². The molecule has 3 heteroatoms. The van der Waals surface area contributed by atoms with E-state index in [-0.39, 0.29) is 0 Å². The van der Waals surface area contributed by atoms with Crippen molar-refractivity contribution in [1.29, 1.82) is 0 Å². The van der Waals surface area contributed by atoms with E-state index in [4.69, 9.17) is 4.74 Å². The molecule has 0 radical (unpaired) electrons. The highest BCUT2D eigenvalue weighted by Gasteiger charge is 2.14. The summed E-state index contributed by atoms with van der Waals surface area (Å²) in [5, 5.41) is 3.49. The average Bonchev–Trinajstić information content (AvgIpc) is 2.47. The summed E-state index contributed by atoms with van der Waals surface area (Å²) < 4.78 is 5.61. The molecule has 1 aromatic rings. The summed E-state index contributed by atoms with van der Waals surface area (Å²) in [6, 6.07) is 8.53. The Kier molecular flexibility index (Phi) is 6.34. The molecule has 0 bridgehead atoms. The highest BCUT2D eigenvalue weighted by molar-refractivity contribution is 5.27. The number of piperidine rings is 1. The molecule has 0 aliphatic carbocycles. The van der Waals surface area contributed by atoms with E-state index >= 15 is 0 Å². The highest BCUT2D eigenvalue weighted by atomic mass is 16.5. The van der Waals surface area contributed by atoms with Gasteiger partial charge in [-0.3, -0.25) is 0 Å². The Morgan fingerprint density at radius 2 is 2.10 bits per heavy atom. The van der Waals surface area contributed by atoms with Crippen molar-refractivity contribution in [3.63, 3.8) is 0 Å². The molecule has 20 heavy (non-hydrogen) atoms. The number of hydrogen-bond donors (Lipinski definition) is 1. The van der Waals surface area contributed by atoms with Crippen LogP contribution in [0.25, 0.3) is 0 Å². The quantitative estimate of drug-likeness (QED) is 0.829. The first kappa shape index (κ1) is 15.3. The predicted octanol–water partition coefficient (Wildman–Crippen LogP) is 2.91. The minimum Gasteiger partial charge on any atom is -0.494 e. The molecule has 1 N–H and O–H groups in total. The molecular weight excluding hydrogens is 248 g/mol. The lowest BCUT2D eigenvalue weighted by Gasteiger charge is -2.27. The van der Waals surface area contributed by atoms with Crippen LogP contribution in [0.2, 0.25) is 0 Å². The lowest BCUT2D eigenvalue weighted by molar-refractivity contribution is 0.237. The van der Waals surface area contributed by atoms with E-state index in [1.165, 1.54) is 38.0 Å². The number of ether oxygens (including phenoxy) is 1. The molecule has 1 heterocycles. The standard InChI is InChI=1S/C17H28N2O/c1-3-11-20-17-8-6-15(7-9-17)13-19(2)14-16-5-4-10-18-12-16/h6-9,16,18H,3-5,10-14H2,1-2H3. The van der Waals surface area contributed by atoms with E-state index in [1.807, 2.05) is 0 Å². The Morgan fingerprint density at radius 3 is 2.75 bits per heavy atom. The van der Waals surface area contributed by atoms with Gasteiger partial charge in [0.1, 0.15) is 5.75 Å². The minimum absolute atomic E-state index is 0.800. The maximum absolute atomic E-state index is 5.61. The second-order valence-corrected chi connectivity index (χ2v) is 5.90. The largest absolute Gasteiger partial charge is 0.494 e. The first-order valence-corrected chi connectivity index (χ1v) is 7.89. The first-order chi connectivity index (χ1) is 9.78. The van der Waals surface area contributed by atoms with Crippen molar-refractivity contribution in [3.8, 4) is 5.75 Å². The summed E-state index contributed by atoms with van der Waals surface area (Å²) in [6.45, 7) is 7.50. The van der Waals surface area contributed by atoms with Gasteiger partial charge < -0.3 is 15.0 Å². The summed E-state index contributed by atoms with van der Waals surface area (Å²) in [6.07, 6.45) is 3.74. The smallest absolute Gasteiger partial charge is 0.119 e. The van der Waals surface area contributed by atoms with Crippen molar-refractivity contribution >= 4 is 0 Å². The van der Waals surface area contributed by atoms with E-state index < -0.39 is 0 Å². The van der Waals surface area contributed by atoms with Crippen molar-refractivity contribution < 1.29 is 4.74 Å². The van der Waals surface area contributed by atoms with Gasteiger partial charge in [0, 0.05) is 13.1 Å². The molecule has 1 aliphatic heterocycles. The van der Waals surface area contributed by atoms with Crippen LogP contribution in [0.15, 0.2) is 24.3 Å². The van der Waals surface area contributed by atoms with Crippen LogP contribution in [0.5, 0.6) is 5.75 Å². The highest BCUT2D eigenvalue weighted by Crippen LogP contribution is 2.15. The fourth-order valence-electron chi connectivity index (χ4n) is 2.81. The van der Waals surface area contributed by atoms with E-state index in [0.29, 0.717) is 0 Å². The Hall–Kier alpha value is -1.06. The first-order valence-electron chi connectivity index (χ1n) is 7.89. The Labute approximate surface area is 123 Å². The monoisotopic (exact) mass is 276 g/mol. The number of nitrogens with zero attached hydrogens (tertiary/aromatic N) is 1. The van der Waals surface area contributed by atoms with Crippen LogP contribution in [-0.2, 0) is 6.54 Å². The molecule has 2 rings (SSSR count). The van der Waals surface area contributed by atoms with E-state index in [0.717, 1.165) is 31.2 Å². The van der Waals surface area contributed by atoms with Crippen LogP contribution in [0, 0.1) is 5.92 Å². The Morgan fingerprint density at radius 1 is 1.30 bits per heavy atom. The second kappa shape index (κ2) is 8.28.